The number of benzene rings is 2. The van der Waals surface area contributed by atoms with Crippen LogP contribution in [0.4, 0.5) is 0 Å². The number of nitrogens with zero attached hydrogens (tertiary/aromatic N) is 3. The van der Waals surface area contributed by atoms with E-state index in [1.165, 1.54) is 6.42 Å². The van der Waals surface area contributed by atoms with E-state index in [4.69, 9.17) is 16.6 Å². The maximum Gasteiger partial charge on any atom is 0.242 e. The fourth-order valence-electron chi connectivity index (χ4n) is 4.06. The highest BCUT2D eigenvalue weighted by atomic mass is 35.5. The summed E-state index contributed by atoms with van der Waals surface area (Å²) in [4.78, 5) is 31.9. The first-order valence-electron chi connectivity index (χ1n) is 10.8. The van der Waals surface area contributed by atoms with Gasteiger partial charge in [-0.05, 0) is 43.0 Å². The fourth-order valence-corrected chi connectivity index (χ4v) is 4.26. The number of likely N-dealkylation sites (tertiary alicyclic amines) is 1. The summed E-state index contributed by atoms with van der Waals surface area (Å²) < 4.78 is 1.99. The summed E-state index contributed by atoms with van der Waals surface area (Å²) in [6.07, 6.45) is 4.12. The number of imidazole rings is 1. The smallest absolute Gasteiger partial charge is 0.242 e. The fraction of sp³-hybridized carbons (Fsp3) is 0.375. The summed E-state index contributed by atoms with van der Waals surface area (Å²) in [5, 5.41) is 3.54. The van der Waals surface area contributed by atoms with Gasteiger partial charge in [0, 0.05) is 31.1 Å². The van der Waals surface area contributed by atoms with Crippen LogP contribution in [0, 0.1) is 0 Å². The molecule has 1 aliphatic rings. The van der Waals surface area contributed by atoms with Crippen LogP contribution in [-0.4, -0.2) is 45.9 Å². The van der Waals surface area contributed by atoms with E-state index in [1.807, 2.05) is 51.9 Å². The Balaban J connectivity index is 1.42. The van der Waals surface area contributed by atoms with Crippen LogP contribution >= 0.6 is 11.6 Å². The lowest BCUT2D eigenvalue weighted by molar-refractivity contribution is -0.132. The third kappa shape index (κ3) is 5.25. The molecule has 0 radical (unpaired) electrons. The molecule has 0 saturated carbocycles. The van der Waals surface area contributed by atoms with Crippen molar-refractivity contribution < 1.29 is 9.59 Å². The molecule has 2 aromatic carbocycles. The number of hydrogen-bond acceptors (Lipinski definition) is 3. The van der Waals surface area contributed by atoms with E-state index in [-0.39, 0.29) is 24.8 Å². The van der Waals surface area contributed by atoms with Gasteiger partial charge in [-0.3, -0.25) is 9.59 Å². The van der Waals surface area contributed by atoms with Crippen molar-refractivity contribution in [3.05, 3.63) is 64.9 Å². The average Bonchev–Trinajstić information content (AvgIpc) is 3.13. The molecule has 6 nitrogen and oxygen atoms in total. The maximum absolute atomic E-state index is 12.9. The highest BCUT2D eigenvalue weighted by molar-refractivity contribution is 6.31. The second-order valence-corrected chi connectivity index (χ2v) is 8.32. The molecular weight excluding hydrogens is 412 g/mol. The van der Waals surface area contributed by atoms with Crippen molar-refractivity contribution in [1.29, 1.82) is 0 Å². The number of amides is 2. The Kier molecular flexibility index (Phi) is 6.87. The van der Waals surface area contributed by atoms with Gasteiger partial charge in [-0.25, -0.2) is 4.98 Å². The number of rotatable bonds is 7. The number of halogens is 1. The van der Waals surface area contributed by atoms with Gasteiger partial charge < -0.3 is 14.8 Å². The van der Waals surface area contributed by atoms with E-state index in [9.17, 15) is 9.59 Å². The summed E-state index contributed by atoms with van der Waals surface area (Å²) >= 11 is 6.15. The molecule has 0 atom stereocenters. The second kappa shape index (κ2) is 9.96. The van der Waals surface area contributed by atoms with Crippen LogP contribution in [0.25, 0.3) is 11.0 Å². The molecule has 1 aliphatic heterocycles. The topological polar surface area (TPSA) is 67.2 Å². The average molecular weight is 439 g/mol. The van der Waals surface area contributed by atoms with Gasteiger partial charge >= 0.3 is 0 Å². The molecule has 0 spiro atoms. The molecule has 7 heteroatoms. The van der Waals surface area contributed by atoms with Crippen LogP contribution in [0.15, 0.2) is 48.5 Å². The van der Waals surface area contributed by atoms with Crippen molar-refractivity contribution in [2.75, 3.05) is 19.6 Å². The molecule has 2 amide bonds. The minimum absolute atomic E-state index is 0.0832. The van der Waals surface area contributed by atoms with Crippen LogP contribution in [0.2, 0.25) is 5.02 Å². The highest BCUT2D eigenvalue weighted by Crippen LogP contribution is 2.18. The SMILES string of the molecule is O=C(Cc1ccccc1Cl)NCCc1nc2ccccc2n1CC(=O)N1CCCCC1. The number of piperidine rings is 1. The van der Waals surface area contributed by atoms with E-state index in [0.29, 0.717) is 18.0 Å². The van der Waals surface area contributed by atoms with Crippen LogP contribution in [-0.2, 0) is 29.0 Å². The van der Waals surface area contributed by atoms with Crippen molar-refractivity contribution in [3.63, 3.8) is 0 Å². The Labute approximate surface area is 187 Å². The molecule has 31 heavy (non-hydrogen) atoms. The van der Waals surface area contributed by atoms with Gasteiger partial charge in [-0.1, -0.05) is 41.9 Å². The van der Waals surface area contributed by atoms with Gasteiger partial charge in [0.2, 0.25) is 11.8 Å². The van der Waals surface area contributed by atoms with E-state index in [0.717, 1.165) is 48.4 Å². The van der Waals surface area contributed by atoms with E-state index < -0.39 is 0 Å². The Morgan fingerprint density at radius 2 is 1.74 bits per heavy atom. The number of fused-ring (bicyclic) bond motifs is 1. The van der Waals surface area contributed by atoms with Crippen molar-refractivity contribution >= 4 is 34.4 Å². The summed E-state index contributed by atoms with van der Waals surface area (Å²) in [6.45, 7) is 2.39. The zero-order chi connectivity index (χ0) is 21.6. The Morgan fingerprint density at radius 1 is 1.00 bits per heavy atom. The number of carbonyl (C=O) groups excluding carboxylic acids is 2. The lowest BCUT2D eigenvalue weighted by Crippen LogP contribution is -2.38. The Hall–Kier alpha value is -2.86. The van der Waals surface area contributed by atoms with Gasteiger partial charge in [0.15, 0.2) is 0 Å². The molecule has 0 bridgehead atoms. The Bertz CT molecular complexity index is 1070. The summed E-state index contributed by atoms with van der Waals surface area (Å²) in [6, 6.07) is 15.2. The van der Waals surface area contributed by atoms with Gasteiger partial charge in [-0.2, -0.15) is 0 Å². The van der Waals surface area contributed by atoms with Gasteiger partial charge in [0.05, 0.1) is 17.5 Å². The third-order valence-corrected chi connectivity index (χ3v) is 6.08. The first kappa shape index (κ1) is 21.4. The predicted molar refractivity (Wildman–Crippen MR) is 122 cm³/mol. The van der Waals surface area contributed by atoms with Crippen molar-refractivity contribution in [3.8, 4) is 0 Å². The summed E-state index contributed by atoms with van der Waals surface area (Å²) in [5.74, 6) is 0.858. The number of nitrogens with one attached hydrogen (secondary N) is 1. The minimum Gasteiger partial charge on any atom is -0.355 e. The number of carbonyl (C=O) groups is 2. The van der Waals surface area contributed by atoms with E-state index in [1.54, 1.807) is 6.07 Å². The standard InChI is InChI=1S/C24H27ClN4O2/c25-19-9-3-2-8-18(19)16-23(30)26-13-12-22-27-20-10-4-5-11-21(20)29(22)17-24(31)28-14-6-1-7-15-28/h2-5,8-11H,1,6-7,12-17H2,(H,26,30). The van der Waals surface area contributed by atoms with Crippen LogP contribution in [0.1, 0.15) is 30.7 Å². The molecule has 1 aromatic heterocycles. The zero-order valence-electron chi connectivity index (χ0n) is 17.5. The quantitative estimate of drug-likeness (QED) is 0.612. The number of para-hydroxylation sites is 2. The first-order chi connectivity index (χ1) is 15.1. The highest BCUT2D eigenvalue weighted by Gasteiger charge is 2.20. The monoisotopic (exact) mass is 438 g/mol. The normalized spacial score (nSPS) is 14.0. The van der Waals surface area contributed by atoms with Crippen molar-refractivity contribution in [1.82, 2.24) is 19.8 Å². The van der Waals surface area contributed by atoms with E-state index in [2.05, 4.69) is 5.32 Å². The van der Waals surface area contributed by atoms with Crippen LogP contribution in [0.5, 0.6) is 0 Å². The van der Waals surface area contributed by atoms with Gasteiger partial charge in [0.1, 0.15) is 12.4 Å². The van der Waals surface area contributed by atoms with Crippen LogP contribution < -0.4 is 5.32 Å². The maximum atomic E-state index is 12.9. The first-order valence-corrected chi connectivity index (χ1v) is 11.2. The molecular formula is C24H27ClN4O2. The lowest BCUT2D eigenvalue weighted by Gasteiger charge is -2.27. The zero-order valence-corrected chi connectivity index (χ0v) is 18.3. The van der Waals surface area contributed by atoms with Crippen molar-refractivity contribution in [2.45, 2.75) is 38.6 Å². The lowest BCUT2D eigenvalue weighted by atomic mass is 10.1. The molecule has 1 saturated heterocycles. The van der Waals surface area contributed by atoms with Crippen molar-refractivity contribution in [2.24, 2.45) is 0 Å². The predicted octanol–water partition coefficient (Wildman–Crippen LogP) is 3.60. The molecule has 2 heterocycles. The summed E-state index contributed by atoms with van der Waals surface area (Å²) in [7, 11) is 0. The molecule has 1 N–H and O–H groups in total. The molecule has 0 aliphatic carbocycles. The second-order valence-electron chi connectivity index (χ2n) is 7.91. The largest absolute Gasteiger partial charge is 0.355 e. The van der Waals surface area contributed by atoms with Gasteiger partial charge in [-0.15, -0.1) is 0 Å². The number of aromatic nitrogens is 2. The Morgan fingerprint density at radius 3 is 2.55 bits per heavy atom. The molecule has 0 unspecified atom stereocenters. The van der Waals surface area contributed by atoms with Crippen LogP contribution in [0.3, 0.4) is 0 Å². The molecule has 1 fully saturated rings. The molecule has 4 rings (SSSR count). The van der Waals surface area contributed by atoms with Gasteiger partial charge in [0.25, 0.3) is 0 Å². The van der Waals surface area contributed by atoms with E-state index >= 15 is 0 Å². The minimum atomic E-state index is -0.0832. The molecule has 162 valence electrons. The summed E-state index contributed by atoms with van der Waals surface area (Å²) in [5.41, 5.74) is 2.62. The third-order valence-electron chi connectivity index (χ3n) is 5.72. The molecule has 3 aromatic rings. The number of hydrogen-bond donors (Lipinski definition) is 1.